The summed E-state index contributed by atoms with van der Waals surface area (Å²) in [5.41, 5.74) is 0.423. The Morgan fingerprint density at radius 1 is 0.861 bits per heavy atom. The van der Waals surface area contributed by atoms with E-state index in [0.29, 0.717) is 37.3 Å². The van der Waals surface area contributed by atoms with Gasteiger partial charge in [-0.1, -0.05) is 24.3 Å². The molecule has 6 nitrogen and oxygen atoms in total. The van der Waals surface area contributed by atoms with Crippen LogP contribution in [-0.2, 0) is 6.18 Å². The second-order valence-electron chi connectivity index (χ2n) is 8.49. The van der Waals surface area contributed by atoms with E-state index in [0.717, 1.165) is 22.4 Å². The lowest BCUT2D eigenvalue weighted by Crippen LogP contribution is -2.48. The molecule has 0 aliphatic carbocycles. The molecule has 1 amide bonds. The number of rotatable bonds is 3. The van der Waals surface area contributed by atoms with E-state index in [1.54, 1.807) is 17.0 Å². The summed E-state index contributed by atoms with van der Waals surface area (Å²) in [5.74, 6) is -0.161. The number of halogens is 3. The fourth-order valence-electron chi connectivity index (χ4n) is 4.40. The molecule has 5 rings (SSSR count). The van der Waals surface area contributed by atoms with Gasteiger partial charge in [-0.15, -0.1) is 0 Å². The van der Waals surface area contributed by atoms with Crippen molar-refractivity contribution in [1.29, 1.82) is 0 Å². The highest BCUT2D eigenvalue weighted by Crippen LogP contribution is 2.30. The van der Waals surface area contributed by atoms with Gasteiger partial charge in [0.25, 0.3) is 11.5 Å². The number of nitrogens with zero attached hydrogens (tertiary/aromatic N) is 3. The van der Waals surface area contributed by atoms with Gasteiger partial charge in [-0.25, -0.2) is 0 Å². The Labute approximate surface area is 209 Å². The van der Waals surface area contributed by atoms with Crippen LogP contribution in [0.1, 0.15) is 15.9 Å². The molecular formula is C26H21F3N4O2S. The number of hydrogen-bond donors (Lipinski definition) is 1. The number of benzene rings is 3. The molecule has 3 aromatic carbocycles. The molecule has 0 radical (unpaired) electrons. The standard InChI is InChI=1S/C26H21F3N4O2S/c27-26(28,29)18-5-4-8-20(16-18)33-24(35)21-10-9-17(15-22(21)30-25(33)36)23(34)32-13-11-31(12-14-32)19-6-2-1-3-7-19/h1-10,15-16H,11-14H2,(H,30,36). The summed E-state index contributed by atoms with van der Waals surface area (Å²) in [6.45, 7) is 2.51. The van der Waals surface area contributed by atoms with E-state index in [4.69, 9.17) is 12.2 Å². The van der Waals surface area contributed by atoms with Gasteiger partial charge in [0.15, 0.2) is 4.77 Å². The van der Waals surface area contributed by atoms with Gasteiger partial charge in [0.05, 0.1) is 22.2 Å². The zero-order valence-corrected chi connectivity index (χ0v) is 19.8. The zero-order valence-electron chi connectivity index (χ0n) is 19.0. The van der Waals surface area contributed by atoms with Gasteiger partial charge in [0.2, 0.25) is 0 Å². The van der Waals surface area contributed by atoms with Crippen LogP contribution in [0.25, 0.3) is 16.6 Å². The Kier molecular flexibility index (Phi) is 6.13. The molecule has 1 N–H and O–H groups in total. The molecule has 1 aromatic heterocycles. The topological polar surface area (TPSA) is 61.3 Å². The molecule has 0 atom stereocenters. The number of anilines is 1. The Hall–Kier alpha value is -3.92. The van der Waals surface area contributed by atoms with Gasteiger partial charge >= 0.3 is 6.18 Å². The number of nitrogens with one attached hydrogen (secondary N) is 1. The predicted molar refractivity (Wildman–Crippen MR) is 134 cm³/mol. The number of amides is 1. The Balaban J connectivity index is 1.42. The number of carbonyl (C=O) groups excluding carboxylic acids is 1. The number of alkyl halides is 3. The molecule has 1 saturated heterocycles. The van der Waals surface area contributed by atoms with E-state index in [9.17, 15) is 22.8 Å². The van der Waals surface area contributed by atoms with Crippen molar-refractivity contribution in [2.45, 2.75) is 6.18 Å². The smallest absolute Gasteiger partial charge is 0.368 e. The molecule has 0 spiro atoms. The van der Waals surface area contributed by atoms with Gasteiger partial charge in [-0.3, -0.25) is 14.2 Å². The lowest BCUT2D eigenvalue weighted by molar-refractivity contribution is -0.137. The lowest BCUT2D eigenvalue weighted by atomic mass is 10.1. The van der Waals surface area contributed by atoms with Crippen LogP contribution < -0.4 is 10.5 Å². The van der Waals surface area contributed by atoms with Gasteiger partial charge in [-0.05, 0) is 60.7 Å². The first kappa shape index (κ1) is 23.8. The van der Waals surface area contributed by atoms with Crippen molar-refractivity contribution in [2.24, 2.45) is 0 Å². The Bertz CT molecular complexity index is 1560. The lowest BCUT2D eigenvalue weighted by Gasteiger charge is -2.36. The van der Waals surface area contributed by atoms with Crippen LogP contribution in [0.2, 0.25) is 0 Å². The monoisotopic (exact) mass is 510 g/mol. The van der Waals surface area contributed by atoms with Crippen LogP contribution in [0.3, 0.4) is 0 Å². The van der Waals surface area contributed by atoms with E-state index in [1.807, 2.05) is 30.3 Å². The average Bonchev–Trinajstić information content (AvgIpc) is 2.88. The molecule has 1 fully saturated rings. The third-order valence-electron chi connectivity index (χ3n) is 6.26. The number of H-pyrrole nitrogens is 1. The normalized spacial score (nSPS) is 14.3. The quantitative estimate of drug-likeness (QED) is 0.393. The number of aromatic amines is 1. The van der Waals surface area contributed by atoms with E-state index in [-0.39, 0.29) is 21.8 Å². The first-order chi connectivity index (χ1) is 17.2. The van der Waals surface area contributed by atoms with Crippen LogP contribution in [0, 0.1) is 4.77 Å². The van der Waals surface area contributed by atoms with Gasteiger partial charge < -0.3 is 14.8 Å². The fraction of sp³-hybridized carbons (Fsp3) is 0.192. The summed E-state index contributed by atoms with van der Waals surface area (Å²) < 4.78 is 40.4. The minimum Gasteiger partial charge on any atom is -0.368 e. The number of para-hydroxylation sites is 1. The largest absolute Gasteiger partial charge is 0.416 e. The second-order valence-corrected chi connectivity index (χ2v) is 8.88. The second kappa shape index (κ2) is 9.27. The van der Waals surface area contributed by atoms with Crippen molar-refractivity contribution < 1.29 is 18.0 Å². The Morgan fingerprint density at radius 2 is 1.56 bits per heavy atom. The summed E-state index contributed by atoms with van der Waals surface area (Å²) >= 11 is 5.30. The molecule has 0 bridgehead atoms. The third kappa shape index (κ3) is 4.51. The summed E-state index contributed by atoms with van der Waals surface area (Å²) in [6.07, 6.45) is -4.55. The molecule has 184 valence electrons. The summed E-state index contributed by atoms with van der Waals surface area (Å²) in [5, 5.41) is 0.214. The van der Waals surface area contributed by atoms with Crippen molar-refractivity contribution >= 4 is 34.7 Å². The molecule has 10 heteroatoms. The number of carbonyl (C=O) groups is 1. The van der Waals surface area contributed by atoms with E-state index >= 15 is 0 Å². The fourth-order valence-corrected chi connectivity index (χ4v) is 4.69. The maximum Gasteiger partial charge on any atom is 0.416 e. The zero-order chi connectivity index (χ0) is 25.4. The number of piperazine rings is 1. The molecule has 0 saturated carbocycles. The highest BCUT2D eigenvalue weighted by molar-refractivity contribution is 7.71. The predicted octanol–water partition coefficient (Wildman–Crippen LogP) is 5.03. The van der Waals surface area contributed by atoms with Gasteiger partial charge in [-0.2, -0.15) is 13.2 Å². The molecule has 4 aromatic rings. The van der Waals surface area contributed by atoms with Crippen molar-refractivity contribution in [1.82, 2.24) is 14.5 Å². The first-order valence-electron chi connectivity index (χ1n) is 11.3. The van der Waals surface area contributed by atoms with E-state index in [2.05, 4.69) is 9.88 Å². The van der Waals surface area contributed by atoms with Gasteiger partial charge in [0, 0.05) is 37.4 Å². The number of fused-ring (bicyclic) bond motifs is 1. The average molecular weight is 511 g/mol. The van der Waals surface area contributed by atoms with Crippen LogP contribution in [0.15, 0.2) is 77.6 Å². The van der Waals surface area contributed by atoms with Crippen molar-refractivity contribution in [3.63, 3.8) is 0 Å². The molecule has 36 heavy (non-hydrogen) atoms. The minimum absolute atomic E-state index is 0.00872. The van der Waals surface area contributed by atoms with Crippen LogP contribution >= 0.6 is 12.2 Å². The summed E-state index contributed by atoms with van der Waals surface area (Å²) in [4.78, 5) is 33.2. The minimum atomic E-state index is -4.55. The third-order valence-corrected chi connectivity index (χ3v) is 6.55. The van der Waals surface area contributed by atoms with E-state index < -0.39 is 17.3 Å². The summed E-state index contributed by atoms with van der Waals surface area (Å²) in [7, 11) is 0. The summed E-state index contributed by atoms with van der Waals surface area (Å²) in [6, 6.07) is 19.0. The first-order valence-corrected chi connectivity index (χ1v) is 11.7. The highest BCUT2D eigenvalue weighted by atomic mass is 32.1. The molecular weight excluding hydrogens is 489 g/mol. The maximum atomic E-state index is 13.2. The molecule has 1 aliphatic rings. The molecule has 0 unspecified atom stereocenters. The van der Waals surface area contributed by atoms with Crippen molar-refractivity contribution in [3.8, 4) is 5.69 Å². The van der Waals surface area contributed by atoms with Crippen molar-refractivity contribution in [3.05, 3.63) is 99.0 Å². The highest BCUT2D eigenvalue weighted by Gasteiger charge is 2.30. The Morgan fingerprint density at radius 3 is 2.25 bits per heavy atom. The van der Waals surface area contributed by atoms with Crippen molar-refractivity contribution in [2.75, 3.05) is 31.1 Å². The SMILES string of the molecule is O=C(c1ccc2c(=O)n(-c3cccc(C(F)(F)F)c3)c(=S)[nH]c2c1)N1CCN(c2ccccc2)CC1. The number of hydrogen-bond acceptors (Lipinski definition) is 4. The van der Waals surface area contributed by atoms with Crippen LogP contribution in [-0.4, -0.2) is 46.5 Å². The maximum absolute atomic E-state index is 13.2. The molecule has 1 aliphatic heterocycles. The van der Waals surface area contributed by atoms with Crippen LogP contribution in [0.4, 0.5) is 18.9 Å². The number of aromatic nitrogens is 2. The van der Waals surface area contributed by atoms with Crippen LogP contribution in [0.5, 0.6) is 0 Å². The van der Waals surface area contributed by atoms with Gasteiger partial charge in [0.1, 0.15) is 0 Å². The molecule has 2 heterocycles. The van der Waals surface area contributed by atoms with E-state index in [1.165, 1.54) is 18.2 Å².